The van der Waals surface area contributed by atoms with Crippen LogP contribution in [0.25, 0.3) is 0 Å². The van der Waals surface area contributed by atoms with Crippen molar-refractivity contribution in [1.82, 2.24) is 10.3 Å². The average Bonchev–Trinajstić information content (AvgIpc) is 2.58. The second-order valence-corrected chi connectivity index (χ2v) is 5.89. The van der Waals surface area contributed by atoms with Crippen molar-refractivity contribution in [3.63, 3.8) is 0 Å². The molecule has 0 saturated heterocycles. The second-order valence-electron chi connectivity index (χ2n) is 5.03. The maximum atomic E-state index is 11.7. The average molecular weight is 271 g/mol. The van der Waals surface area contributed by atoms with Crippen molar-refractivity contribution in [3.05, 3.63) is 11.1 Å². The highest BCUT2D eigenvalue weighted by molar-refractivity contribution is 7.13. The molecule has 1 aromatic heterocycles. The molecule has 0 unspecified atom stereocenters. The van der Waals surface area contributed by atoms with Crippen molar-refractivity contribution >= 4 is 28.5 Å². The normalized spacial score (nSPS) is 12.9. The largest absolute Gasteiger partial charge is 0.480 e. The number of nitrogens with zero attached hydrogens (tertiary/aromatic N) is 1. The van der Waals surface area contributed by atoms with E-state index in [9.17, 15) is 9.59 Å². The van der Waals surface area contributed by atoms with E-state index < -0.39 is 23.5 Å². The zero-order chi connectivity index (χ0) is 13.9. The molecule has 0 radical (unpaired) electrons. The molecule has 1 rings (SSSR count). The summed E-state index contributed by atoms with van der Waals surface area (Å²) < 4.78 is 0. The van der Waals surface area contributed by atoms with Crippen LogP contribution >= 0.6 is 11.3 Å². The van der Waals surface area contributed by atoms with Gasteiger partial charge in [0.2, 0.25) is 0 Å². The molecule has 18 heavy (non-hydrogen) atoms. The standard InChI is InChI=1S/C11H17N3O3S/c1-6-5-18-10(12-6)14-9(17)13-7(8(15)16)11(2,3)4/h5,7H,1-4H3,(H,15,16)(H2,12,13,14,17)/t7-/m0/s1. The Morgan fingerprint density at radius 3 is 2.44 bits per heavy atom. The van der Waals surface area contributed by atoms with E-state index in [1.165, 1.54) is 11.3 Å². The number of aromatic nitrogens is 1. The van der Waals surface area contributed by atoms with Crippen molar-refractivity contribution in [2.45, 2.75) is 33.7 Å². The highest BCUT2D eigenvalue weighted by Crippen LogP contribution is 2.20. The predicted octanol–water partition coefficient (Wildman–Crippen LogP) is 2.07. The predicted molar refractivity (Wildman–Crippen MR) is 69.9 cm³/mol. The molecule has 0 fully saturated rings. The number of carbonyl (C=O) groups excluding carboxylic acids is 1. The van der Waals surface area contributed by atoms with E-state index in [4.69, 9.17) is 5.11 Å². The molecule has 100 valence electrons. The van der Waals surface area contributed by atoms with E-state index in [1.54, 1.807) is 26.2 Å². The number of amides is 2. The summed E-state index contributed by atoms with van der Waals surface area (Å²) in [6.45, 7) is 7.06. The smallest absolute Gasteiger partial charge is 0.326 e. The first-order chi connectivity index (χ1) is 8.20. The number of carbonyl (C=O) groups is 2. The van der Waals surface area contributed by atoms with Crippen LogP contribution in [0.2, 0.25) is 0 Å². The lowest BCUT2D eigenvalue weighted by Gasteiger charge is -2.27. The Hall–Kier alpha value is -1.63. The third kappa shape index (κ3) is 3.99. The highest BCUT2D eigenvalue weighted by atomic mass is 32.1. The molecule has 2 amide bonds. The fourth-order valence-electron chi connectivity index (χ4n) is 1.32. The number of hydrogen-bond acceptors (Lipinski definition) is 4. The van der Waals surface area contributed by atoms with Crippen LogP contribution < -0.4 is 10.6 Å². The van der Waals surface area contributed by atoms with Gasteiger partial charge in [-0.15, -0.1) is 11.3 Å². The molecule has 0 bridgehead atoms. The Labute approximate surface area is 109 Å². The van der Waals surface area contributed by atoms with Crippen LogP contribution in [0.5, 0.6) is 0 Å². The molecule has 0 aliphatic carbocycles. The molecule has 6 nitrogen and oxygen atoms in total. The minimum Gasteiger partial charge on any atom is -0.480 e. The van der Waals surface area contributed by atoms with Crippen molar-refractivity contribution in [2.24, 2.45) is 5.41 Å². The number of carboxylic acids is 1. The summed E-state index contributed by atoms with van der Waals surface area (Å²) in [5.74, 6) is -1.06. The number of rotatable bonds is 3. The lowest BCUT2D eigenvalue weighted by Crippen LogP contribution is -2.50. The monoisotopic (exact) mass is 271 g/mol. The van der Waals surface area contributed by atoms with Gasteiger partial charge in [0.15, 0.2) is 5.13 Å². The number of nitrogens with one attached hydrogen (secondary N) is 2. The first-order valence-electron chi connectivity index (χ1n) is 5.42. The molecule has 0 spiro atoms. The third-order valence-electron chi connectivity index (χ3n) is 2.23. The third-order valence-corrected chi connectivity index (χ3v) is 3.10. The van der Waals surface area contributed by atoms with Crippen molar-refractivity contribution < 1.29 is 14.7 Å². The minimum absolute atomic E-state index is 0.447. The summed E-state index contributed by atoms with van der Waals surface area (Å²) in [6, 6.07) is -1.52. The molecule has 0 aliphatic rings. The number of aryl methyl sites for hydroxylation is 1. The van der Waals surface area contributed by atoms with Crippen LogP contribution in [-0.4, -0.2) is 28.1 Å². The van der Waals surface area contributed by atoms with E-state index in [2.05, 4.69) is 15.6 Å². The van der Waals surface area contributed by atoms with E-state index in [1.807, 2.05) is 6.92 Å². The molecule has 1 heterocycles. The van der Waals surface area contributed by atoms with Crippen LogP contribution in [0.3, 0.4) is 0 Å². The van der Waals surface area contributed by atoms with Gasteiger partial charge in [0.25, 0.3) is 0 Å². The Morgan fingerprint density at radius 1 is 1.44 bits per heavy atom. The van der Waals surface area contributed by atoms with Gasteiger partial charge in [0, 0.05) is 5.38 Å². The fourth-order valence-corrected chi connectivity index (χ4v) is 2.01. The van der Waals surface area contributed by atoms with Gasteiger partial charge >= 0.3 is 12.0 Å². The highest BCUT2D eigenvalue weighted by Gasteiger charge is 2.32. The molecule has 1 aromatic rings. The number of anilines is 1. The molecule has 0 aromatic carbocycles. The Balaban J connectivity index is 2.65. The number of carboxylic acid groups (broad SMARTS) is 1. The van der Waals surface area contributed by atoms with Gasteiger partial charge in [-0.3, -0.25) is 5.32 Å². The maximum Gasteiger partial charge on any atom is 0.326 e. The van der Waals surface area contributed by atoms with E-state index in [0.717, 1.165) is 5.69 Å². The quantitative estimate of drug-likeness (QED) is 0.784. The fraction of sp³-hybridized carbons (Fsp3) is 0.545. The van der Waals surface area contributed by atoms with Gasteiger partial charge in [0.1, 0.15) is 6.04 Å². The first kappa shape index (κ1) is 14.4. The molecule has 1 atom stereocenters. The van der Waals surface area contributed by atoms with Crippen LogP contribution in [0.4, 0.5) is 9.93 Å². The summed E-state index contributed by atoms with van der Waals surface area (Å²) in [7, 11) is 0. The Kier molecular flexibility index (Phi) is 4.28. The lowest BCUT2D eigenvalue weighted by atomic mass is 9.87. The Bertz CT molecular complexity index is 451. The van der Waals surface area contributed by atoms with E-state index in [-0.39, 0.29) is 0 Å². The van der Waals surface area contributed by atoms with E-state index in [0.29, 0.717) is 5.13 Å². The second kappa shape index (κ2) is 5.34. The van der Waals surface area contributed by atoms with Gasteiger partial charge in [-0.25, -0.2) is 14.6 Å². The summed E-state index contributed by atoms with van der Waals surface area (Å²) in [5, 5.41) is 16.3. The number of thiazole rings is 1. The minimum atomic E-state index is -1.06. The lowest BCUT2D eigenvalue weighted by molar-refractivity contribution is -0.141. The first-order valence-corrected chi connectivity index (χ1v) is 6.30. The van der Waals surface area contributed by atoms with Crippen LogP contribution in [-0.2, 0) is 4.79 Å². The number of hydrogen-bond donors (Lipinski definition) is 3. The topological polar surface area (TPSA) is 91.3 Å². The van der Waals surface area contributed by atoms with Gasteiger partial charge in [0.05, 0.1) is 5.69 Å². The molecule has 0 aliphatic heterocycles. The molecular formula is C11H17N3O3S. The number of aliphatic carboxylic acids is 1. The summed E-state index contributed by atoms with van der Waals surface area (Å²) >= 11 is 1.29. The van der Waals surface area contributed by atoms with Gasteiger partial charge in [-0.1, -0.05) is 20.8 Å². The van der Waals surface area contributed by atoms with E-state index >= 15 is 0 Å². The van der Waals surface area contributed by atoms with Crippen molar-refractivity contribution in [1.29, 1.82) is 0 Å². The molecule has 3 N–H and O–H groups in total. The van der Waals surface area contributed by atoms with Crippen LogP contribution in [0.15, 0.2) is 5.38 Å². The van der Waals surface area contributed by atoms with Gasteiger partial charge in [-0.2, -0.15) is 0 Å². The Morgan fingerprint density at radius 2 is 2.06 bits per heavy atom. The summed E-state index contributed by atoms with van der Waals surface area (Å²) in [6.07, 6.45) is 0. The molecule has 0 saturated carbocycles. The zero-order valence-corrected chi connectivity index (χ0v) is 11.6. The molecule has 7 heteroatoms. The number of urea groups is 1. The zero-order valence-electron chi connectivity index (χ0n) is 10.8. The van der Waals surface area contributed by atoms with Crippen LogP contribution in [0, 0.1) is 12.3 Å². The molecular weight excluding hydrogens is 254 g/mol. The van der Waals surface area contributed by atoms with Crippen molar-refractivity contribution in [3.8, 4) is 0 Å². The van der Waals surface area contributed by atoms with Gasteiger partial charge < -0.3 is 10.4 Å². The SMILES string of the molecule is Cc1csc(NC(=O)N[C@@H](C(=O)O)C(C)(C)C)n1. The van der Waals surface area contributed by atoms with Crippen LogP contribution in [0.1, 0.15) is 26.5 Å². The summed E-state index contributed by atoms with van der Waals surface area (Å²) in [5.41, 5.74) is 0.239. The summed E-state index contributed by atoms with van der Waals surface area (Å²) in [4.78, 5) is 26.8. The van der Waals surface area contributed by atoms with Gasteiger partial charge in [-0.05, 0) is 12.3 Å². The maximum absolute atomic E-state index is 11.7. The van der Waals surface area contributed by atoms with Crippen molar-refractivity contribution in [2.75, 3.05) is 5.32 Å².